The van der Waals surface area contributed by atoms with Crippen LogP contribution in [0.2, 0.25) is 0 Å². The van der Waals surface area contributed by atoms with Crippen LogP contribution in [0.15, 0.2) is 292 Å². The molecule has 6 aromatic heterocycles. The van der Waals surface area contributed by atoms with Crippen LogP contribution in [-0.2, 0) is 40.4 Å². The lowest BCUT2D eigenvalue weighted by atomic mass is 10.00. The van der Waals surface area contributed by atoms with E-state index >= 15 is 0 Å². The second kappa shape index (κ2) is 29.6. The van der Waals surface area contributed by atoms with Gasteiger partial charge >= 0.3 is 0 Å². The number of benzene rings is 10. The highest BCUT2D eigenvalue weighted by Crippen LogP contribution is 2.43. The van der Waals surface area contributed by atoms with E-state index in [0.717, 1.165) is 57.1 Å². The molecule has 0 fully saturated rings. The Morgan fingerprint density at radius 2 is 0.752 bits per heavy atom. The molecule has 0 amide bonds. The molecule has 534 valence electrons. The summed E-state index contributed by atoms with van der Waals surface area (Å²) in [7, 11) is 1.68. The molecule has 0 saturated heterocycles. The summed E-state index contributed by atoms with van der Waals surface area (Å²) in [5, 5.41) is 8.71. The van der Waals surface area contributed by atoms with Crippen LogP contribution in [0.5, 0.6) is 40.2 Å². The van der Waals surface area contributed by atoms with Gasteiger partial charge in [0.1, 0.15) is 40.2 Å². The smallest absolute Gasteiger partial charge is 0.293 e. The van der Waals surface area contributed by atoms with Crippen molar-refractivity contribution in [2.24, 2.45) is 0 Å². The molecule has 6 aliphatic heterocycles. The minimum absolute atomic E-state index is 0.566. The zero-order valence-electron chi connectivity index (χ0n) is 62.5. The molecule has 109 heavy (non-hydrogen) atoms. The lowest BCUT2D eigenvalue weighted by Crippen LogP contribution is -2.44. The molecule has 12 heterocycles. The second-order valence-corrected chi connectivity index (χ2v) is 28.2. The molecule has 0 saturated carbocycles. The van der Waals surface area contributed by atoms with E-state index in [9.17, 15) is 0 Å². The van der Waals surface area contributed by atoms with Crippen molar-refractivity contribution in [2.75, 3.05) is 7.11 Å². The first-order valence-electron chi connectivity index (χ1n) is 37.0. The zero-order valence-corrected chi connectivity index (χ0v) is 62.5. The number of pyridine rings is 6. The van der Waals surface area contributed by atoms with Crippen LogP contribution in [0.3, 0.4) is 0 Å². The molecule has 6 aliphatic rings. The van der Waals surface area contributed by atoms with Gasteiger partial charge in [0.05, 0.1) is 45.9 Å². The van der Waals surface area contributed by atoms with Crippen molar-refractivity contribution in [2.45, 2.75) is 88.9 Å². The molecule has 0 spiro atoms. The SMILES string of the molecule is COc1cc(C)c2c(c1)-c1cccc[n+]1CO2.Cc1cc(C)c2c(c1)-c1cccc[n+]1CO2.Cc1cccc2[n+]1COc1c-2ccc2ccccc12.Cc1cccc2c1OC[n+]1c-2ccc2ccccc21.Cc1cccc2c1OC[n+]1cc3ccccc3cc1-2.Cc1cccc2c1OC[n+]1ccc3ccccc3c1-2. The second-order valence-electron chi connectivity index (χ2n) is 28.2. The molecule has 16 aromatic rings. The predicted octanol–water partition coefficient (Wildman–Crippen LogP) is 18.7. The molecule has 10 aromatic carbocycles. The third-order valence-corrected chi connectivity index (χ3v) is 21.1. The molecule has 0 radical (unpaired) electrons. The van der Waals surface area contributed by atoms with Gasteiger partial charge in [0.2, 0.25) is 39.7 Å². The number of ether oxygens (including phenoxy) is 7. The average molecular weight is 1430 g/mol. The highest BCUT2D eigenvalue weighted by atomic mass is 16.5. The molecule has 0 aliphatic carbocycles. The number of aryl methyl sites for hydroxylation is 7. The Bertz CT molecular complexity index is 6040. The van der Waals surface area contributed by atoms with Crippen molar-refractivity contribution in [3.05, 3.63) is 331 Å². The Morgan fingerprint density at radius 1 is 0.275 bits per heavy atom. The van der Waals surface area contributed by atoms with Gasteiger partial charge in [-0.3, -0.25) is 0 Å². The van der Waals surface area contributed by atoms with Gasteiger partial charge in [0.25, 0.3) is 40.4 Å². The summed E-state index contributed by atoms with van der Waals surface area (Å²) < 4.78 is 53.6. The van der Waals surface area contributed by atoms with Crippen molar-refractivity contribution < 1.29 is 60.6 Å². The monoisotopic (exact) mass is 1430 g/mol. The molecule has 0 atom stereocenters. The number of hydrogen-bond donors (Lipinski definition) is 0. The Hall–Kier alpha value is -13.3. The van der Waals surface area contributed by atoms with Gasteiger partial charge in [-0.05, 0) is 176 Å². The Morgan fingerprint density at radius 3 is 1.44 bits per heavy atom. The maximum absolute atomic E-state index is 6.01. The van der Waals surface area contributed by atoms with Crippen LogP contribution in [0.1, 0.15) is 39.1 Å². The van der Waals surface area contributed by atoms with Gasteiger partial charge in [0.15, 0.2) is 30.5 Å². The summed E-state index contributed by atoms with van der Waals surface area (Å²) in [6.45, 7) is 18.2. The lowest BCUT2D eigenvalue weighted by Gasteiger charge is -2.18. The van der Waals surface area contributed by atoms with E-state index in [0.29, 0.717) is 40.4 Å². The fourth-order valence-electron chi connectivity index (χ4n) is 15.7. The Kier molecular flexibility index (Phi) is 18.7. The number of aromatic nitrogens is 6. The van der Waals surface area contributed by atoms with E-state index in [-0.39, 0.29) is 0 Å². The normalized spacial score (nSPS) is 12.6. The summed E-state index contributed by atoms with van der Waals surface area (Å²) >= 11 is 0. The van der Waals surface area contributed by atoms with Crippen LogP contribution >= 0.6 is 0 Å². The van der Waals surface area contributed by atoms with Crippen LogP contribution in [0.25, 0.3) is 111 Å². The van der Waals surface area contributed by atoms with E-state index < -0.39 is 0 Å². The van der Waals surface area contributed by atoms with Gasteiger partial charge in [-0.1, -0.05) is 121 Å². The molecule has 13 nitrogen and oxygen atoms in total. The number of fused-ring (bicyclic) bond motifs is 25. The van der Waals surface area contributed by atoms with E-state index in [1.165, 1.54) is 133 Å². The number of para-hydroxylation sites is 4. The van der Waals surface area contributed by atoms with Crippen LogP contribution < -0.4 is 60.6 Å². The number of methoxy groups -OCH3 is 1. The molecule has 13 heteroatoms. The summed E-state index contributed by atoms with van der Waals surface area (Å²) in [5.74, 6) is 6.88. The molecule has 0 bridgehead atoms. The van der Waals surface area contributed by atoms with E-state index in [4.69, 9.17) is 33.2 Å². The first kappa shape index (κ1) is 68.8. The third-order valence-electron chi connectivity index (χ3n) is 21.1. The quantitative estimate of drug-likeness (QED) is 0.151. The lowest BCUT2D eigenvalue weighted by molar-refractivity contribution is -0.722. The van der Waals surface area contributed by atoms with Gasteiger partial charge in [-0.2, -0.15) is 27.4 Å². The predicted molar refractivity (Wildman–Crippen MR) is 426 cm³/mol. The first-order valence-corrected chi connectivity index (χ1v) is 37.0. The summed E-state index contributed by atoms with van der Waals surface area (Å²) in [5.41, 5.74) is 23.9. The standard InChI is InChI=1S/4C17H14NO.C14H14NO2.C14H14NO/c1-12-5-4-7-14-16-10-9-13-6-2-3-8-15(13)18(16)11-19-17(12)14;1-12-5-4-8-15-16-9-13-6-2-3-7-14(13)10-18(16)11-19-17(12)15;1-12-5-4-8-16-15-10-9-13-6-2-3-7-14(13)17(15)19-11-18(12)16;1-12-5-4-8-15-16-14-7-3-2-6-13(14)9-10-18(16)11-19-17(12)15;1-10-7-11(16-2)8-12-13-5-3-4-6-15(13)9-17-14(10)12;1-10-7-11(2)14-12(8-10)13-5-3-4-6-15(13)9-16-14/h4*2-10H,11H2,1H3;3-8H,9H2,1-2H3;3-8H,9H2,1-2H3/q6*+1. The molecule has 0 unspecified atom stereocenters. The molecular formula is C96H84N6O7+6. The minimum Gasteiger partial charge on any atom is -0.497 e. The van der Waals surface area contributed by atoms with Crippen LogP contribution in [0.4, 0.5) is 0 Å². The highest BCUT2D eigenvalue weighted by Gasteiger charge is 2.32. The van der Waals surface area contributed by atoms with Crippen molar-refractivity contribution in [1.29, 1.82) is 0 Å². The maximum Gasteiger partial charge on any atom is 0.293 e. The van der Waals surface area contributed by atoms with Gasteiger partial charge in [-0.25, -0.2) is 0 Å². The fraction of sp³-hybridized carbons (Fsp3) is 0.146. The maximum atomic E-state index is 6.01. The molecule has 22 rings (SSSR count). The van der Waals surface area contributed by atoms with Crippen LogP contribution in [0, 0.1) is 48.5 Å². The van der Waals surface area contributed by atoms with Gasteiger partial charge < -0.3 is 33.2 Å². The molecular weight excluding hydrogens is 1350 g/mol. The summed E-state index contributed by atoms with van der Waals surface area (Å²) in [4.78, 5) is 0. The fourth-order valence-corrected chi connectivity index (χ4v) is 15.7. The van der Waals surface area contributed by atoms with Crippen LogP contribution in [-0.4, -0.2) is 7.11 Å². The molecule has 0 N–H and O–H groups in total. The summed E-state index contributed by atoms with van der Waals surface area (Å²) in [6, 6.07) is 92.8. The van der Waals surface area contributed by atoms with E-state index in [2.05, 4.69) is 324 Å². The van der Waals surface area contributed by atoms with Crippen molar-refractivity contribution in [1.82, 2.24) is 0 Å². The average Bonchev–Trinajstić information content (AvgIpc) is 0.764. The summed E-state index contributed by atoms with van der Waals surface area (Å²) in [6.07, 6.45) is 8.34. The van der Waals surface area contributed by atoms with E-state index in [1.54, 1.807) is 7.11 Å². The third kappa shape index (κ3) is 13.3. The van der Waals surface area contributed by atoms with Crippen molar-refractivity contribution >= 4 is 43.2 Å². The minimum atomic E-state index is 0.566. The van der Waals surface area contributed by atoms with Crippen molar-refractivity contribution in [3.63, 3.8) is 0 Å². The van der Waals surface area contributed by atoms with Gasteiger partial charge in [-0.15, -0.1) is 0 Å². The van der Waals surface area contributed by atoms with Gasteiger partial charge in [0, 0.05) is 83.7 Å². The number of hydrogen-bond acceptors (Lipinski definition) is 7. The Labute approximate surface area is 634 Å². The zero-order chi connectivity index (χ0) is 74.2. The Balaban J connectivity index is 0.0000000957. The number of nitrogens with zero attached hydrogens (tertiary/aromatic N) is 6. The number of rotatable bonds is 1. The first-order chi connectivity index (χ1) is 53.4. The largest absolute Gasteiger partial charge is 0.497 e. The van der Waals surface area contributed by atoms with Crippen molar-refractivity contribution in [3.8, 4) is 108 Å². The van der Waals surface area contributed by atoms with E-state index in [1.807, 2.05) is 43.5 Å². The topological polar surface area (TPSA) is 87.9 Å². The highest BCUT2D eigenvalue weighted by molar-refractivity contribution is 5.96.